The number of aromatic nitrogens is 3. The molecule has 0 aliphatic rings. The number of methoxy groups -OCH3 is 1. The molecule has 0 aliphatic carbocycles. The Balaban J connectivity index is 2.07. The Morgan fingerprint density at radius 3 is 2.90 bits per heavy atom. The summed E-state index contributed by atoms with van der Waals surface area (Å²) in [6.45, 7) is 2.10. The molecule has 3 aromatic rings. The molecule has 0 aliphatic heterocycles. The van der Waals surface area contributed by atoms with E-state index in [0.717, 1.165) is 16.5 Å². The second-order valence-corrected chi connectivity index (χ2v) is 5.15. The van der Waals surface area contributed by atoms with Crippen LogP contribution >= 0.6 is 0 Å². The van der Waals surface area contributed by atoms with Gasteiger partial charge in [0.05, 0.1) is 17.7 Å². The molecule has 2 aromatic heterocycles. The van der Waals surface area contributed by atoms with Crippen LogP contribution in [0.15, 0.2) is 41.1 Å². The fraction of sp³-hybridized carbons (Fsp3) is 0.267. The van der Waals surface area contributed by atoms with Crippen LogP contribution in [-0.4, -0.2) is 28.8 Å². The van der Waals surface area contributed by atoms with E-state index in [1.807, 2.05) is 30.3 Å². The van der Waals surface area contributed by atoms with Gasteiger partial charge < -0.3 is 15.0 Å². The van der Waals surface area contributed by atoms with E-state index in [2.05, 4.69) is 15.1 Å². The third-order valence-electron chi connectivity index (χ3n) is 3.24. The van der Waals surface area contributed by atoms with Gasteiger partial charge in [-0.05, 0) is 19.1 Å². The highest BCUT2D eigenvalue weighted by Gasteiger charge is 2.28. The lowest BCUT2D eigenvalue weighted by Crippen LogP contribution is -2.38. The van der Waals surface area contributed by atoms with E-state index < -0.39 is 5.54 Å². The van der Waals surface area contributed by atoms with Crippen LogP contribution in [0.3, 0.4) is 0 Å². The number of benzene rings is 1. The number of fused-ring (bicyclic) bond motifs is 1. The highest BCUT2D eigenvalue weighted by Crippen LogP contribution is 2.27. The topological polar surface area (TPSA) is 87.1 Å². The number of rotatable bonds is 4. The normalized spacial score (nSPS) is 14.2. The van der Waals surface area contributed by atoms with Crippen molar-refractivity contribution >= 4 is 10.9 Å². The summed E-state index contributed by atoms with van der Waals surface area (Å²) in [5.41, 5.74) is 6.94. The minimum absolute atomic E-state index is 0.305. The lowest BCUT2D eigenvalue weighted by molar-refractivity contribution is 0.135. The van der Waals surface area contributed by atoms with Gasteiger partial charge in [-0.15, -0.1) is 0 Å². The summed E-state index contributed by atoms with van der Waals surface area (Å²) in [7, 11) is 1.58. The monoisotopic (exact) mass is 284 g/mol. The van der Waals surface area contributed by atoms with Crippen molar-refractivity contribution in [3.63, 3.8) is 0 Å². The van der Waals surface area contributed by atoms with E-state index >= 15 is 0 Å². The van der Waals surface area contributed by atoms with Gasteiger partial charge in [0.15, 0.2) is 5.82 Å². The van der Waals surface area contributed by atoms with Gasteiger partial charge in [0, 0.05) is 18.7 Å². The van der Waals surface area contributed by atoms with Crippen LogP contribution in [0.25, 0.3) is 22.4 Å². The van der Waals surface area contributed by atoms with Crippen LogP contribution in [0.2, 0.25) is 0 Å². The van der Waals surface area contributed by atoms with E-state index in [9.17, 15) is 0 Å². The molecule has 1 atom stereocenters. The van der Waals surface area contributed by atoms with Crippen molar-refractivity contribution in [2.45, 2.75) is 12.5 Å². The van der Waals surface area contributed by atoms with Crippen LogP contribution in [0.4, 0.5) is 0 Å². The predicted molar refractivity (Wildman–Crippen MR) is 78.5 cm³/mol. The molecule has 21 heavy (non-hydrogen) atoms. The second kappa shape index (κ2) is 5.23. The molecule has 2 heterocycles. The lowest BCUT2D eigenvalue weighted by Gasteiger charge is -2.18. The number of nitrogens with zero attached hydrogens (tertiary/aromatic N) is 3. The van der Waals surface area contributed by atoms with Crippen LogP contribution in [-0.2, 0) is 10.3 Å². The van der Waals surface area contributed by atoms with Crippen LogP contribution in [0.5, 0.6) is 0 Å². The SMILES string of the molecule is COCC(C)(N)c1noc(-c2cccc3cccnc23)n1. The van der Waals surface area contributed by atoms with Crippen molar-refractivity contribution < 1.29 is 9.26 Å². The fourth-order valence-electron chi connectivity index (χ4n) is 2.21. The Morgan fingerprint density at radius 2 is 2.10 bits per heavy atom. The molecule has 0 saturated carbocycles. The second-order valence-electron chi connectivity index (χ2n) is 5.15. The summed E-state index contributed by atoms with van der Waals surface area (Å²) in [4.78, 5) is 8.78. The molecule has 0 fully saturated rings. The highest BCUT2D eigenvalue weighted by molar-refractivity contribution is 5.91. The Hall–Kier alpha value is -2.31. The molecule has 6 nitrogen and oxygen atoms in total. The van der Waals surface area contributed by atoms with Crippen LogP contribution in [0.1, 0.15) is 12.7 Å². The Kier molecular flexibility index (Phi) is 3.40. The van der Waals surface area contributed by atoms with E-state index in [1.165, 1.54) is 0 Å². The average molecular weight is 284 g/mol. The quantitative estimate of drug-likeness (QED) is 0.789. The van der Waals surface area contributed by atoms with Gasteiger partial charge in [-0.3, -0.25) is 4.98 Å². The maximum atomic E-state index is 6.13. The summed E-state index contributed by atoms with van der Waals surface area (Å²) in [6, 6.07) is 9.69. The first kappa shape index (κ1) is 13.7. The van der Waals surface area contributed by atoms with Gasteiger partial charge in [0.1, 0.15) is 5.54 Å². The number of hydrogen-bond acceptors (Lipinski definition) is 6. The number of para-hydroxylation sites is 1. The van der Waals surface area contributed by atoms with Crippen molar-refractivity contribution in [2.24, 2.45) is 5.73 Å². The predicted octanol–water partition coefficient (Wildman–Crippen LogP) is 2.11. The molecular weight excluding hydrogens is 268 g/mol. The van der Waals surface area contributed by atoms with Gasteiger partial charge in [-0.25, -0.2) is 0 Å². The van der Waals surface area contributed by atoms with Gasteiger partial charge in [0.2, 0.25) is 0 Å². The molecule has 2 N–H and O–H groups in total. The molecular formula is C15H16N4O2. The summed E-state index contributed by atoms with van der Waals surface area (Å²) >= 11 is 0. The minimum atomic E-state index is -0.797. The molecule has 6 heteroatoms. The summed E-state index contributed by atoms with van der Waals surface area (Å²) < 4.78 is 10.4. The molecule has 0 spiro atoms. The first-order chi connectivity index (χ1) is 10.1. The largest absolute Gasteiger partial charge is 0.382 e. The number of hydrogen-bond donors (Lipinski definition) is 1. The van der Waals surface area contributed by atoms with Gasteiger partial charge in [-0.2, -0.15) is 4.98 Å². The molecule has 0 radical (unpaired) electrons. The molecule has 1 unspecified atom stereocenters. The molecule has 3 rings (SSSR count). The zero-order valence-electron chi connectivity index (χ0n) is 11.9. The standard InChI is InChI=1S/C15H16N4O2/c1-15(16,9-20-2)14-18-13(21-19-14)11-7-3-5-10-6-4-8-17-12(10)11/h3-8H,9,16H2,1-2H3. The highest BCUT2D eigenvalue weighted by atomic mass is 16.5. The maximum Gasteiger partial charge on any atom is 0.260 e. The molecule has 0 amide bonds. The smallest absolute Gasteiger partial charge is 0.260 e. The third kappa shape index (κ3) is 2.51. The summed E-state index contributed by atoms with van der Waals surface area (Å²) in [5.74, 6) is 0.814. The van der Waals surface area contributed by atoms with E-state index in [4.69, 9.17) is 15.0 Å². The summed E-state index contributed by atoms with van der Waals surface area (Å²) in [5, 5.41) is 4.99. The average Bonchev–Trinajstić information content (AvgIpc) is 2.97. The van der Waals surface area contributed by atoms with Gasteiger partial charge >= 0.3 is 0 Å². The number of ether oxygens (including phenoxy) is 1. The Bertz CT molecular complexity index is 762. The van der Waals surface area contributed by atoms with Crippen LogP contribution in [0, 0.1) is 0 Å². The first-order valence-electron chi connectivity index (χ1n) is 6.58. The van der Waals surface area contributed by atoms with Crippen molar-refractivity contribution in [3.8, 4) is 11.5 Å². The van der Waals surface area contributed by atoms with E-state index in [1.54, 1.807) is 20.2 Å². The molecule has 0 saturated heterocycles. The van der Waals surface area contributed by atoms with Gasteiger partial charge in [0.25, 0.3) is 5.89 Å². The van der Waals surface area contributed by atoms with Crippen molar-refractivity contribution in [3.05, 3.63) is 42.4 Å². The molecule has 1 aromatic carbocycles. The lowest BCUT2D eigenvalue weighted by atomic mass is 10.1. The van der Waals surface area contributed by atoms with Crippen molar-refractivity contribution in [1.29, 1.82) is 0 Å². The molecule has 0 bridgehead atoms. The Labute approximate surface area is 121 Å². The number of nitrogens with two attached hydrogens (primary N) is 1. The van der Waals surface area contributed by atoms with E-state index in [-0.39, 0.29) is 0 Å². The third-order valence-corrected chi connectivity index (χ3v) is 3.24. The van der Waals surface area contributed by atoms with Crippen molar-refractivity contribution in [2.75, 3.05) is 13.7 Å². The van der Waals surface area contributed by atoms with Gasteiger partial charge in [-0.1, -0.05) is 23.4 Å². The maximum absolute atomic E-state index is 6.13. The van der Waals surface area contributed by atoms with E-state index in [0.29, 0.717) is 18.3 Å². The number of pyridine rings is 1. The minimum Gasteiger partial charge on any atom is -0.382 e. The summed E-state index contributed by atoms with van der Waals surface area (Å²) in [6.07, 6.45) is 1.74. The molecule has 108 valence electrons. The zero-order valence-corrected chi connectivity index (χ0v) is 11.9. The van der Waals surface area contributed by atoms with Crippen LogP contribution < -0.4 is 5.73 Å². The fourth-order valence-corrected chi connectivity index (χ4v) is 2.21. The van der Waals surface area contributed by atoms with Crippen molar-refractivity contribution in [1.82, 2.24) is 15.1 Å². The Morgan fingerprint density at radius 1 is 1.29 bits per heavy atom. The first-order valence-corrected chi connectivity index (χ1v) is 6.58. The zero-order chi connectivity index (χ0) is 14.9.